The molecule has 3 rings (SSSR count). The van der Waals surface area contributed by atoms with Crippen molar-refractivity contribution in [1.82, 2.24) is 4.90 Å². The van der Waals surface area contributed by atoms with Gasteiger partial charge in [-0.05, 0) is 81.5 Å². The zero-order valence-corrected chi connectivity index (χ0v) is 18.0. The molecule has 0 spiro atoms. The van der Waals surface area contributed by atoms with Crippen LogP contribution in [0.3, 0.4) is 0 Å². The molecule has 2 aromatic rings. The van der Waals surface area contributed by atoms with Crippen LogP contribution >= 0.6 is 0 Å². The molecule has 0 aliphatic carbocycles. The minimum atomic E-state index is -0.225. The van der Waals surface area contributed by atoms with Crippen LogP contribution < -0.4 is 14.8 Å². The maximum absolute atomic E-state index is 12.7. The second-order valence-electron chi connectivity index (χ2n) is 7.66. The number of anilines is 1. The van der Waals surface area contributed by atoms with Crippen LogP contribution in [0.2, 0.25) is 0 Å². The van der Waals surface area contributed by atoms with Gasteiger partial charge in [0.05, 0.1) is 6.61 Å². The molecule has 0 unspecified atom stereocenters. The molecule has 1 heterocycles. The van der Waals surface area contributed by atoms with E-state index in [1.165, 1.54) is 6.42 Å². The molecule has 0 saturated carbocycles. The summed E-state index contributed by atoms with van der Waals surface area (Å²) in [6.45, 7) is 7.83. The lowest BCUT2D eigenvalue weighted by atomic mass is 10.1. The van der Waals surface area contributed by atoms with E-state index in [0.717, 1.165) is 42.7 Å². The van der Waals surface area contributed by atoms with Crippen LogP contribution in [0.15, 0.2) is 36.4 Å². The fraction of sp³-hybridized carbons (Fsp3) is 0.417. The summed E-state index contributed by atoms with van der Waals surface area (Å²) in [7, 11) is 0. The number of aryl methyl sites for hydroxylation is 2. The molecule has 0 radical (unpaired) electrons. The molecule has 6 nitrogen and oxygen atoms in total. The number of hydrogen-bond donors (Lipinski definition) is 1. The van der Waals surface area contributed by atoms with Gasteiger partial charge in [-0.15, -0.1) is 0 Å². The highest BCUT2D eigenvalue weighted by Gasteiger charge is 2.18. The standard InChI is InChI=1S/C24H30N2O4/c1-4-29-22-15-19(24(28)25-20-13-17(2)12-18(3)14-20)8-9-21(22)30-16-23(27)26-10-6-5-7-11-26/h8-9,12-15H,4-7,10-11,16H2,1-3H3,(H,25,28). The molecule has 1 fully saturated rings. The summed E-state index contributed by atoms with van der Waals surface area (Å²) in [6.07, 6.45) is 3.26. The third-order valence-corrected chi connectivity index (χ3v) is 5.05. The van der Waals surface area contributed by atoms with E-state index in [2.05, 4.69) is 11.4 Å². The van der Waals surface area contributed by atoms with E-state index in [9.17, 15) is 9.59 Å². The number of amides is 2. The van der Waals surface area contributed by atoms with Crippen LogP contribution in [0.1, 0.15) is 47.7 Å². The average Bonchev–Trinajstić information content (AvgIpc) is 2.72. The van der Waals surface area contributed by atoms with E-state index in [1.54, 1.807) is 18.2 Å². The number of rotatable bonds is 7. The Morgan fingerprint density at radius 3 is 2.30 bits per heavy atom. The summed E-state index contributed by atoms with van der Waals surface area (Å²) >= 11 is 0. The van der Waals surface area contributed by atoms with Crippen molar-refractivity contribution in [3.05, 3.63) is 53.1 Å². The zero-order valence-electron chi connectivity index (χ0n) is 18.0. The smallest absolute Gasteiger partial charge is 0.260 e. The molecule has 0 bridgehead atoms. The monoisotopic (exact) mass is 410 g/mol. The van der Waals surface area contributed by atoms with Gasteiger partial charge in [-0.3, -0.25) is 9.59 Å². The van der Waals surface area contributed by atoms with Gasteiger partial charge in [0.25, 0.3) is 11.8 Å². The molecular weight excluding hydrogens is 380 g/mol. The summed E-state index contributed by atoms with van der Waals surface area (Å²) in [5.74, 6) is 0.674. The van der Waals surface area contributed by atoms with Gasteiger partial charge in [-0.1, -0.05) is 6.07 Å². The minimum Gasteiger partial charge on any atom is -0.490 e. The summed E-state index contributed by atoms with van der Waals surface area (Å²) in [5, 5.41) is 2.93. The summed E-state index contributed by atoms with van der Waals surface area (Å²) in [5.41, 5.74) is 3.39. The molecule has 160 valence electrons. The van der Waals surface area contributed by atoms with Crippen LogP contribution in [0.25, 0.3) is 0 Å². The molecule has 6 heteroatoms. The number of hydrogen-bond acceptors (Lipinski definition) is 4. The van der Waals surface area contributed by atoms with Crippen LogP contribution in [0.5, 0.6) is 11.5 Å². The fourth-order valence-corrected chi connectivity index (χ4v) is 3.66. The highest BCUT2D eigenvalue weighted by molar-refractivity contribution is 6.04. The highest BCUT2D eigenvalue weighted by atomic mass is 16.5. The molecule has 1 aliphatic rings. The first-order valence-electron chi connectivity index (χ1n) is 10.5. The van der Waals surface area contributed by atoms with Crippen LogP contribution in [0, 0.1) is 13.8 Å². The quantitative estimate of drug-likeness (QED) is 0.737. The largest absolute Gasteiger partial charge is 0.490 e. The van der Waals surface area contributed by atoms with Gasteiger partial charge >= 0.3 is 0 Å². The number of nitrogens with one attached hydrogen (secondary N) is 1. The van der Waals surface area contributed by atoms with Crippen LogP contribution in [-0.4, -0.2) is 43.0 Å². The predicted molar refractivity (Wildman–Crippen MR) is 117 cm³/mol. The Balaban J connectivity index is 1.69. The number of likely N-dealkylation sites (tertiary alicyclic amines) is 1. The maximum atomic E-state index is 12.7. The second-order valence-corrected chi connectivity index (χ2v) is 7.66. The minimum absolute atomic E-state index is 0.0196. The van der Waals surface area contributed by atoms with Gasteiger partial charge < -0.3 is 19.7 Å². The number of benzene rings is 2. The molecular formula is C24H30N2O4. The van der Waals surface area contributed by atoms with Crippen molar-refractivity contribution in [3.63, 3.8) is 0 Å². The van der Waals surface area contributed by atoms with Crippen molar-refractivity contribution >= 4 is 17.5 Å². The lowest BCUT2D eigenvalue weighted by Gasteiger charge is -2.26. The third-order valence-electron chi connectivity index (χ3n) is 5.05. The molecule has 1 N–H and O–H groups in total. The van der Waals surface area contributed by atoms with E-state index >= 15 is 0 Å². The molecule has 2 aromatic carbocycles. The molecule has 2 amide bonds. The Bertz CT molecular complexity index is 884. The lowest BCUT2D eigenvalue weighted by Crippen LogP contribution is -2.38. The number of nitrogens with zero attached hydrogens (tertiary/aromatic N) is 1. The number of ether oxygens (including phenoxy) is 2. The van der Waals surface area contributed by atoms with Crippen molar-refractivity contribution in [2.45, 2.75) is 40.0 Å². The molecule has 0 aromatic heterocycles. The molecule has 1 aliphatic heterocycles. The Labute approximate surface area is 178 Å². The van der Waals surface area contributed by atoms with E-state index in [0.29, 0.717) is 23.7 Å². The van der Waals surface area contributed by atoms with Crippen molar-refractivity contribution in [1.29, 1.82) is 0 Å². The number of piperidine rings is 1. The Hall–Kier alpha value is -3.02. The molecule has 1 saturated heterocycles. The van der Waals surface area contributed by atoms with Gasteiger partial charge in [-0.2, -0.15) is 0 Å². The predicted octanol–water partition coefficient (Wildman–Crippen LogP) is 4.35. The van der Waals surface area contributed by atoms with E-state index < -0.39 is 0 Å². The Morgan fingerprint density at radius 1 is 0.933 bits per heavy atom. The number of carbonyl (C=O) groups is 2. The highest BCUT2D eigenvalue weighted by Crippen LogP contribution is 2.29. The van der Waals surface area contributed by atoms with E-state index in [-0.39, 0.29) is 18.4 Å². The van der Waals surface area contributed by atoms with Gasteiger partial charge in [0.2, 0.25) is 0 Å². The van der Waals surface area contributed by atoms with Crippen molar-refractivity contribution in [3.8, 4) is 11.5 Å². The second kappa shape index (κ2) is 10.1. The van der Waals surface area contributed by atoms with Gasteiger partial charge in [0.1, 0.15) is 0 Å². The third kappa shape index (κ3) is 5.75. The Morgan fingerprint density at radius 2 is 1.63 bits per heavy atom. The van der Waals surface area contributed by atoms with Gasteiger partial charge in [0, 0.05) is 24.3 Å². The van der Waals surface area contributed by atoms with Crippen molar-refractivity contribution in [2.75, 3.05) is 31.6 Å². The topological polar surface area (TPSA) is 67.9 Å². The zero-order chi connectivity index (χ0) is 21.5. The Kier molecular flexibility index (Phi) is 7.33. The maximum Gasteiger partial charge on any atom is 0.260 e. The summed E-state index contributed by atoms with van der Waals surface area (Å²) in [4.78, 5) is 26.9. The molecule has 30 heavy (non-hydrogen) atoms. The van der Waals surface area contributed by atoms with Crippen LogP contribution in [0.4, 0.5) is 5.69 Å². The fourth-order valence-electron chi connectivity index (χ4n) is 3.66. The average molecular weight is 411 g/mol. The lowest BCUT2D eigenvalue weighted by molar-refractivity contribution is -0.134. The van der Waals surface area contributed by atoms with Gasteiger partial charge in [0.15, 0.2) is 18.1 Å². The van der Waals surface area contributed by atoms with E-state index in [4.69, 9.17) is 9.47 Å². The van der Waals surface area contributed by atoms with E-state index in [1.807, 2.05) is 37.8 Å². The molecule has 0 atom stereocenters. The normalized spacial score (nSPS) is 13.6. The first kappa shape index (κ1) is 21.7. The SMILES string of the molecule is CCOc1cc(C(=O)Nc2cc(C)cc(C)c2)ccc1OCC(=O)N1CCCCC1. The number of carbonyl (C=O) groups excluding carboxylic acids is 2. The van der Waals surface area contributed by atoms with Gasteiger partial charge in [-0.25, -0.2) is 0 Å². The first-order valence-corrected chi connectivity index (χ1v) is 10.5. The van der Waals surface area contributed by atoms with Crippen molar-refractivity contribution < 1.29 is 19.1 Å². The van der Waals surface area contributed by atoms with Crippen molar-refractivity contribution in [2.24, 2.45) is 0 Å². The van der Waals surface area contributed by atoms with Crippen LogP contribution in [-0.2, 0) is 4.79 Å². The summed E-state index contributed by atoms with van der Waals surface area (Å²) in [6, 6.07) is 10.9. The summed E-state index contributed by atoms with van der Waals surface area (Å²) < 4.78 is 11.4. The first-order chi connectivity index (χ1) is 14.5.